The minimum Gasteiger partial charge on any atom is -0.497 e. The molecule has 2 heterocycles. The summed E-state index contributed by atoms with van der Waals surface area (Å²) >= 11 is 0. The lowest BCUT2D eigenvalue weighted by molar-refractivity contribution is -0.126. The molecule has 0 unspecified atom stereocenters. The first kappa shape index (κ1) is 20.0. The van der Waals surface area contributed by atoms with Crippen LogP contribution in [0.1, 0.15) is 52.3 Å². The Morgan fingerprint density at radius 3 is 2.68 bits per heavy atom. The van der Waals surface area contributed by atoms with E-state index in [0.29, 0.717) is 18.0 Å². The van der Waals surface area contributed by atoms with Crippen molar-refractivity contribution in [1.82, 2.24) is 19.6 Å². The summed E-state index contributed by atoms with van der Waals surface area (Å²) in [6.07, 6.45) is 3.53. The molecule has 0 saturated heterocycles. The number of anilines is 1. The minimum atomic E-state index is -0.245. The van der Waals surface area contributed by atoms with E-state index >= 15 is 0 Å². The quantitative estimate of drug-likeness (QED) is 0.588. The molecule has 0 aliphatic heterocycles. The molecular formula is C21H29N5O2. The third kappa shape index (κ3) is 4.24. The maximum Gasteiger partial charge on any atom is 0.204 e. The molecule has 0 atom stereocenters. The monoisotopic (exact) mass is 383 g/mol. The summed E-state index contributed by atoms with van der Waals surface area (Å²) in [6.45, 7) is 8.63. The molecule has 7 nitrogen and oxygen atoms in total. The summed E-state index contributed by atoms with van der Waals surface area (Å²) in [5, 5.41) is 11.9. The lowest BCUT2D eigenvalue weighted by Crippen LogP contribution is -2.19. The number of carbonyl (C=O) groups excluding carboxylic acids is 1. The smallest absolute Gasteiger partial charge is 0.204 e. The van der Waals surface area contributed by atoms with Crippen LogP contribution in [0.2, 0.25) is 0 Å². The number of aromatic nitrogens is 4. The van der Waals surface area contributed by atoms with Gasteiger partial charge in [-0.2, -0.15) is 0 Å². The number of carbonyl (C=O) groups is 1. The van der Waals surface area contributed by atoms with Crippen molar-refractivity contribution in [2.24, 2.45) is 5.41 Å². The van der Waals surface area contributed by atoms with Crippen molar-refractivity contribution in [3.63, 3.8) is 0 Å². The third-order valence-electron chi connectivity index (χ3n) is 4.90. The number of nitrogens with one attached hydrogen (secondary N) is 1. The van der Waals surface area contributed by atoms with E-state index in [9.17, 15) is 4.79 Å². The molecule has 3 rings (SSSR count). The highest BCUT2D eigenvalue weighted by Gasteiger charge is 2.20. The molecule has 28 heavy (non-hydrogen) atoms. The Morgan fingerprint density at radius 2 is 1.96 bits per heavy atom. The van der Waals surface area contributed by atoms with E-state index in [1.807, 2.05) is 50.3 Å². The number of rotatable bonds is 8. The predicted molar refractivity (Wildman–Crippen MR) is 111 cm³/mol. The van der Waals surface area contributed by atoms with Crippen molar-refractivity contribution in [1.29, 1.82) is 0 Å². The zero-order chi connectivity index (χ0) is 20.3. The first-order chi connectivity index (χ1) is 13.3. The number of hydrogen-bond donors (Lipinski definition) is 1. The number of aryl methyl sites for hydroxylation is 1. The van der Waals surface area contributed by atoms with Crippen LogP contribution >= 0.6 is 0 Å². The zero-order valence-electron chi connectivity index (χ0n) is 17.4. The van der Waals surface area contributed by atoms with Gasteiger partial charge >= 0.3 is 0 Å². The van der Waals surface area contributed by atoms with Crippen LogP contribution < -0.4 is 10.1 Å². The van der Waals surface area contributed by atoms with Crippen LogP contribution in [0.25, 0.3) is 16.7 Å². The van der Waals surface area contributed by atoms with Gasteiger partial charge in [-0.05, 0) is 31.9 Å². The molecule has 1 N–H and O–H groups in total. The van der Waals surface area contributed by atoms with Crippen LogP contribution in [0.15, 0.2) is 18.2 Å². The number of ether oxygens (including phenoxy) is 1. The van der Waals surface area contributed by atoms with Crippen LogP contribution in [0.4, 0.5) is 5.82 Å². The second-order valence-corrected chi connectivity index (χ2v) is 8.13. The number of unbranched alkanes of at least 4 members (excludes halogenated alkanes) is 2. The molecule has 2 aromatic heterocycles. The third-order valence-corrected chi connectivity index (χ3v) is 4.90. The normalized spacial score (nSPS) is 11.9. The van der Waals surface area contributed by atoms with Gasteiger partial charge in [-0.15, -0.1) is 10.2 Å². The fourth-order valence-electron chi connectivity index (χ4n) is 3.17. The summed E-state index contributed by atoms with van der Waals surface area (Å²) in [6, 6.07) is 5.80. The molecular weight excluding hydrogens is 354 g/mol. The molecule has 1 aromatic carbocycles. The number of Topliss-reactive ketones (excluding diaryl/α,β-unsaturated/α-hetero) is 1. The molecule has 0 amide bonds. The number of methoxy groups -OCH3 is 1. The Morgan fingerprint density at radius 1 is 1.18 bits per heavy atom. The van der Waals surface area contributed by atoms with E-state index in [4.69, 9.17) is 9.72 Å². The van der Waals surface area contributed by atoms with Gasteiger partial charge in [-0.3, -0.25) is 9.20 Å². The van der Waals surface area contributed by atoms with Crippen molar-refractivity contribution in [2.75, 3.05) is 19.0 Å². The Kier molecular flexibility index (Phi) is 5.82. The van der Waals surface area contributed by atoms with Gasteiger partial charge in [-0.1, -0.05) is 27.2 Å². The van der Waals surface area contributed by atoms with Crippen LogP contribution in [0.5, 0.6) is 5.75 Å². The predicted octanol–water partition coefficient (Wildman–Crippen LogP) is 4.18. The van der Waals surface area contributed by atoms with Gasteiger partial charge in [0, 0.05) is 24.4 Å². The highest BCUT2D eigenvalue weighted by molar-refractivity contribution is 5.84. The molecule has 150 valence electrons. The van der Waals surface area contributed by atoms with Gasteiger partial charge in [0.2, 0.25) is 5.65 Å². The standard InChI is InChI=1S/C21H29N5O2/c1-14-24-25-20-19(22-12-8-6-7-9-18(27)21(2,3)4)23-16-13-15(28-5)10-11-17(16)26(14)20/h10-11,13H,6-9,12H2,1-5H3,(H,22,23). The van der Waals surface area contributed by atoms with E-state index in [2.05, 4.69) is 15.5 Å². The summed E-state index contributed by atoms with van der Waals surface area (Å²) < 4.78 is 7.33. The first-order valence-corrected chi connectivity index (χ1v) is 9.78. The summed E-state index contributed by atoms with van der Waals surface area (Å²) in [5.41, 5.74) is 2.25. The molecule has 0 bridgehead atoms. The van der Waals surface area contributed by atoms with Crippen molar-refractivity contribution in [2.45, 2.75) is 53.4 Å². The summed E-state index contributed by atoms with van der Waals surface area (Å²) in [7, 11) is 1.65. The summed E-state index contributed by atoms with van der Waals surface area (Å²) in [4.78, 5) is 16.7. The average Bonchev–Trinajstić information content (AvgIpc) is 3.05. The van der Waals surface area contributed by atoms with E-state index in [1.165, 1.54) is 0 Å². The number of benzene rings is 1. The molecule has 0 aliphatic carbocycles. The maximum atomic E-state index is 12.0. The second kappa shape index (κ2) is 8.12. The lowest BCUT2D eigenvalue weighted by atomic mass is 9.88. The van der Waals surface area contributed by atoms with Crippen molar-refractivity contribution in [3.8, 4) is 5.75 Å². The van der Waals surface area contributed by atoms with E-state index in [1.54, 1.807) is 7.11 Å². The van der Waals surface area contributed by atoms with Crippen molar-refractivity contribution < 1.29 is 9.53 Å². The topological polar surface area (TPSA) is 81.4 Å². The Balaban J connectivity index is 1.68. The van der Waals surface area contributed by atoms with Crippen molar-refractivity contribution in [3.05, 3.63) is 24.0 Å². The summed E-state index contributed by atoms with van der Waals surface area (Å²) in [5.74, 6) is 2.62. The lowest BCUT2D eigenvalue weighted by Gasteiger charge is -2.16. The van der Waals surface area contributed by atoms with Crippen molar-refractivity contribution >= 4 is 28.3 Å². The number of hydrogen-bond acceptors (Lipinski definition) is 6. The number of fused-ring (bicyclic) bond motifs is 3. The van der Waals surface area contributed by atoms with Gasteiger partial charge in [0.05, 0.1) is 18.1 Å². The van der Waals surface area contributed by atoms with Gasteiger partial charge in [0.1, 0.15) is 17.4 Å². The molecule has 0 saturated carbocycles. The highest BCUT2D eigenvalue weighted by Crippen LogP contribution is 2.25. The van der Waals surface area contributed by atoms with Gasteiger partial charge in [0.15, 0.2) is 5.82 Å². The maximum absolute atomic E-state index is 12.0. The first-order valence-electron chi connectivity index (χ1n) is 9.78. The zero-order valence-corrected chi connectivity index (χ0v) is 17.4. The van der Waals surface area contributed by atoms with Crippen LogP contribution in [0.3, 0.4) is 0 Å². The Bertz CT molecular complexity index is 988. The Labute approximate surface area is 165 Å². The SMILES string of the molecule is COc1ccc2c(c1)nc(NCCCCCC(=O)C(C)(C)C)c1nnc(C)n12. The fraction of sp³-hybridized carbons (Fsp3) is 0.524. The Hall–Kier alpha value is -2.70. The highest BCUT2D eigenvalue weighted by atomic mass is 16.5. The molecule has 0 fully saturated rings. The van der Waals surface area contributed by atoms with Crippen LogP contribution in [-0.2, 0) is 4.79 Å². The molecule has 0 radical (unpaired) electrons. The largest absolute Gasteiger partial charge is 0.497 e. The van der Waals surface area contributed by atoms with E-state index in [0.717, 1.165) is 54.1 Å². The molecule has 0 spiro atoms. The average molecular weight is 383 g/mol. The van der Waals surface area contributed by atoms with Gasteiger partial charge in [0.25, 0.3) is 0 Å². The number of nitrogens with zero attached hydrogens (tertiary/aromatic N) is 4. The van der Waals surface area contributed by atoms with Gasteiger partial charge < -0.3 is 10.1 Å². The fourth-order valence-corrected chi connectivity index (χ4v) is 3.17. The van der Waals surface area contributed by atoms with E-state index in [-0.39, 0.29) is 5.41 Å². The van der Waals surface area contributed by atoms with E-state index < -0.39 is 0 Å². The van der Waals surface area contributed by atoms with Crippen LogP contribution in [0, 0.1) is 12.3 Å². The molecule has 7 heteroatoms. The minimum absolute atomic E-state index is 0.245. The van der Waals surface area contributed by atoms with Crippen LogP contribution in [-0.4, -0.2) is 39.0 Å². The second-order valence-electron chi connectivity index (χ2n) is 8.13. The van der Waals surface area contributed by atoms with Gasteiger partial charge in [-0.25, -0.2) is 4.98 Å². The molecule has 0 aliphatic rings. The number of ketones is 1. The molecule has 3 aromatic rings.